The number of amides is 1. The van der Waals surface area contributed by atoms with Crippen LogP contribution < -0.4 is 10.1 Å². The number of nitrogens with one attached hydrogen (secondary N) is 1. The molecule has 4 rings (SSSR count). The number of rotatable bonds is 5. The number of nitrogens with zero attached hydrogens (tertiary/aromatic N) is 1. The van der Waals surface area contributed by atoms with E-state index in [0.717, 1.165) is 22.0 Å². The number of aromatic nitrogens is 1. The summed E-state index contributed by atoms with van der Waals surface area (Å²) in [5, 5.41) is 3.76. The van der Waals surface area contributed by atoms with Gasteiger partial charge in [0.2, 0.25) is 0 Å². The van der Waals surface area contributed by atoms with Crippen LogP contribution in [-0.2, 0) is 4.74 Å². The van der Waals surface area contributed by atoms with E-state index in [1.165, 1.54) is 7.11 Å². The summed E-state index contributed by atoms with van der Waals surface area (Å²) in [5.74, 6) is 0.450. The highest BCUT2D eigenvalue weighted by Gasteiger charge is 2.12. The number of para-hydroxylation sites is 1. The largest absolute Gasteiger partial charge is 0.497 e. The average molecular weight is 412 g/mol. The molecule has 0 unspecified atom stereocenters. The zero-order chi connectivity index (χ0) is 21.8. The van der Waals surface area contributed by atoms with Gasteiger partial charge in [-0.15, -0.1) is 0 Å². The number of ether oxygens (including phenoxy) is 2. The minimum Gasteiger partial charge on any atom is -0.497 e. The minimum atomic E-state index is -0.400. The average Bonchev–Trinajstić information content (AvgIpc) is 2.83. The first-order chi connectivity index (χ1) is 15.1. The zero-order valence-corrected chi connectivity index (χ0v) is 17.1. The summed E-state index contributed by atoms with van der Waals surface area (Å²) in [7, 11) is 2.93. The number of carbonyl (C=O) groups excluding carboxylic acids is 2. The van der Waals surface area contributed by atoms with Crippen LogP contribution >= 0.6 is 0 Å². The van der Waals surface area contributed by atoms with Crippen molar-refractivity contribution in [3.05, 3.63) is 90.0 Å². The molecule has 0 bridgehead atoms. The van der Waals surface area contributed by atoms with Gasteiger partial charge in [0.15, 0.2) is 0 Å². The first-order valence-electron chi connectivity index (χ1n) is 9.63. The molecule has 4 aromatic rings. The molecule has 1 aromatic heterocycles. The van der Waals surface area contributed by atoms with E-state index in [0.29, 0.717) is 22.7 Å². The molecular weight excluding hydrogens is 392 g/mol. The van der Waals surface area contributed by atoms with E-state index >= 15 is 0 Å². The standard InChI is InChI=1S/C25H20N2O4/c1-30-20-12-9-17(10-13-20)24(28)27-22-14-11-16-5-4-8-21(23(16)26-22)18-6-3-7-19(15-18)25(29)31-2/h3-15H,1-2H3,(H,26,27,28). The second kappa shape index (κ2) is 8.67. The van der Waals surface area contributed by atoms with Crippen molar-refractivity contribution in [1.29, 1.82) is 0 Å². The highest BCUT2D eigenvalue weighted by Crippen LogP contribution is 2.29. The third-order valence-corrected chi connectivity index (χ3v) is 4.91. The molecule has 0 aliphatic carbocycles. The third-order valence-electron chi connectivity index (χ3n) is 4.91. The number of methoxy groups -OCH3 is 2. The first kappa shape index (κ1) is 20.1. The van der Waals surface area contributed by atoms with Crippen LogP contribution in [0.15, 0.2) is 78.9 Å². The summed E-state index contributed by atoms with van der Waals surface area (Å²) in [6.45, 7) is 0. The number of hydrogen-bond acceptors (Lipinski definition) is 5. The molecule has 0 atom stereocenters. The van der Waals surface area contributed by atoms with E-state index in [1.807, 2.05) is 30.3 Å². The Morgan fingerprint density at radius 3 is 2.35 bits per heavy atom. The number of hydrogen-bond donors (Lipinski definition) is 1. The van der Waals surface area contributed by atoms with Crippen molar-refractivity contribution >= 4 is 28.6 Å². The Labute approximate surface area is 179 Å². The van der Waals surface area contributed by atoms with Crippen molar-refractivity contribution in [1.82, 2.24) is 4.98 Å². The fraction of sp³-hybridized carbons (Fsp3) is 0.0800. The van der Waals surface area contributed by atoms with Gasteiger partial charge >= 0.3 is 5.97 Å². The Morgan fingerprint density at radius 1 is 0.839 bits per heavy atom. The van der Waals surface area contributed by atoms with E-state index in [9.17, 15) is 9.59 Å². The fourth-order valence-electron chi connectivity index (χ4n) is 3.31. The van der Waals surface area contributed by atoms with Crippen LogP contribution in [0.2, 0.25) is 0 Å². The summed E-state index contributed by atoms with van der Waals surface area (Å²) >= 11 is 0. The molecule has 31 heavy (non-hydrogen) atoms. The maximum atomic E-state index is 12.6. The van der Waals surface area contributed by atoms with Gasteiger partial charge in [-0.2, -0.15) is 0 Å². The number of carbonyl (C=O) groups is 2. The maximum absolute atomic E-state index is 12.6. The lowest BCUT2D eigenvalue weighted by Gasteiger charge is -2.10. The molecule has 0 fully saturated rings. The predicted octanol–water partition coefficient (Wildman–Crippen LogP) is 4.95. The molecule has 3 aromatic carbocycles. The molecule has 0 aliphatic heterocycles. The molecule has 0 aliphatic rings. The van der Waals surface area contributed by atoms with Crippen LogP contribution in [0.25, 0.3) is 22.0 Å². The smallest absolute Gasteiger partial charge is 0.337 e. The van der Waals surface area contributed by atoms with Gasteiger partial charge in [0.1, 0.15) is 11.6 Å². The van der Waals surface area contributed by atoms with E-state index in [2.05, 4.69) is 10.3 Å². The molecule has 0 saturated heterocycles. The Morgan fingerprint density at radius 2 is 1.61 bits per heavy atom. The third kappa shape index (κ3) is 4.23. The lowest BCUT2D eigenvalue weighted by molar-refractivity contribution is 0.0600. The molecule has 6 nitrogen and oxygen atoms in total. The number of fused-ring (bicyclic) bond motifs is 1. The van der Waals surface area contributed by atoms with Crippen molar-refractivity contribution in [2.24, 2.45) is 0 Å². The molecule has 6 heteroatoms. The number of anilines is 1. The van der Waals surface area contributed by atoms with E-state index < -0.39 is 5.97 Å². The van der Waals surface area contributed by atoms with Crippen LogP contribution in [0, 0.1) is 0 Å². The first-order valence-corrected chi connectivity index (χ1v) is 9.63. The van der Waals surface area contributed by atoms with Crippen molar-refractivity contribution in [3.63, 3.8) is 0 Å². The van der Waals surface area contributed by atoms with Crippen LogP contribution in [0.1, 0.15) is 20.7 Å². The van der Waals surface area contributed by atoms with Gasteiger partial charge in [0.25, 0.3) is 5.91 Å². The Balaban J connectivity index is 1.69. The van der Waals surface area contributed by atoms with Crippen LogP contribution in [0.4, 0.5) is 5.82 Å². The highest BCUT2D eigenvalue weighted by molar-refractivity contribution is 6.05. The van der Waals surface area contributed by atoms with Crippen molar-refractivity contribution in [2.75, 3.05) is 19.5 Å². The van der Waals surface area contributed by atoms with Gasteiger partial charge in [-0.1, -0.05) is 30.3 Å². The quantitative estimate of drug-likeness (QED) is 0.469. The lowest BCUT2D eigenvalue weighted by atomic mass is 10.00. The summed E-state index contributed by atoms with van der Waals surface area (Å²) < 4.78 is 9.95. The number of esters is 1. The Bertz CT molecular complexity index is 1270. The topological polar surface area (TPSA) is 77.5 Å². The van der Waals surface area contributed by atoms with Crippen molar-refractivity contribution in [2.45, 2.75) is 0 Å². The van der Waals surface area contributed by atoms with Crippen LogP contribution in [0.5, 0.6) is 5.75 Å². The normalized spacial score (nSPS) is 10.5. The van der Waals surface area contributed by atoms with E-state index in [4.69, 9.17) is 9.47 Å². The second-order valence-electron chi connectivity index (χ2n) is 6.83. The molecule has 0 radical (unpaired) electrons. The monoisotopic (exact) mass is 412 g/mol. The Kier molecular flexibility index (Phi) is 5.62. The highest BCUT2D eigenvalue weighted by atomic mass is 16.5. The molecule has 1 heterocycles. The minimum absolute atomic E-state index is 0.264. The fourth-order valence-corrected chi connectivity index (χ4v) is 3.31. The Hall–Kier alpha value is -4.19. The van der Waals surface area contributed by atoms with Gasteiger partial charge in [0.05, 0.1) is 25.3 Å². The molecule has 1 amide bonds. The van der Waals surface area contributed by atoms with Gasteiger partial charge in [-0.25, -0.2) is 9.78 Å². The molecule has 0 spiro atoms. The van der Waals surface area contributed by atoms with Gasteiger partial charge in [0, 0.05) is 16.5 Å². The summed E-state index contributed by atoms with van der Waals surface area (Å²) in [6, 6.07) is 23.5. The summed E-state index contributed by atoms with van der Waals surface area (Å²) in [6.07, 6.45) is 0. The second-order valence-corrected chi connectivity index (χ2v) is 6.83. The van der Waals surface area contributed by atoms with Crippen LogP contribution in [0.3, 0.4) is 0 Å². The van der Waals surface area contributed by atoms with Crippen molar-refractivity contribution < 1.29 is 19.1 Å². The summed E-state index contributed by atoms with van der Waals surface area (Å²) in [5.41, 5.74) is 3.36. The van der Waals surface area contributed by atoms with Crippen LogP contribution in [-0.4, -0.2) is 31.1 Å². The number of pyridine rings is 1. The zero-order valence-electron chi connectivity index (χ0n) is 17.1. The maximum Gasteiger partial charge on any atom is 0.337 e. The molecule has 0 saturated carbocycles. The van der Waals surface area contributed by atoms with Gasteiger partial charge in [-0.05, 0) is 54.1 Å². The molecule has 1 N–H and O–H groups in total. The predicted molar refractivity (Wildman–Crippen MR) is 119 cm³/mol. The van der Waals surface area contributed by atoms with E-state index in [1.54, 1.807) is 55.6 Å². The lowest BCUT2D eigenvalue weighted by Crippen LogP contribution is -2.12. The van der Waals surface area contributed by atoms with Gasteiger partial charge < -0.3 is 14.8 Å². The number of benzene rings is 3. The molecule has 154 valence electrons. The van der Waals surface area contributed by atoms with Gasteiger partial charge in [-0.3, -0.25) is 4.79 Å². The van der Waals surface area contributed by atoms with Crippen molar-refractivity contribution in [3.8, 4) is 16.9 Å². The SMILES string of the molecule is COC(=O)c1cccc(-c2cccc3ccc(NC(=O)c4ccc(OC)cc4)nc23)c1. The molecular formula is C25H20N2O4. The van der Waals surface area contributed by atoms with E-state index in [-0.39, 0.29) is 5.91 Å². The summed E-state index contributed by atoms with van der Waals surface area (Å²) in [4.78, 5) is 29.2.